The number of carbonyl (C=O) groups excluding carboxylic acids is 1. The van der Waals surface area contributed by atoms with Gasteiger partial charge in [0.1, 0.15) is 5.75 Å². The SMILES string of the molecule is COc1ccc(C(C)=O)cc1CN(CCC#N)C(C)C. The molecule has 0 amide bonds. The summed E-state index contributed by atoms with van der Waals surface area (Å²) >= 11 is 0. The van der Waals surface area contributed by atoms with Crippen molar-refractivity contribution in [3.63, 3.8) is 0 Å². The summed E-state index contributed by atoms with van der Waals surface area (Å²) in [5.41, 5.74) is 1.66. The molecule has 4 heteroatoms. The largest absolute Gasteiger partial charge is 0.496 e. The predicted molar refractivity (Wildman–Crippen MR) is 78.8 cm³/mol. The molecule has 0 spiro atoms. The molecule has 0 saturated heterocycles. The molecule has 0 bridgehead atoms. The van der Waals surface area contributed by atoms with Gasteiger partial charge in [-0.3, -0.25) is 9.69 Å². The molecule has 0 aliphatic carbocycles. The van der Waals surface area contributed by atoms with E-state index >= 15 is 0 Å². The standard InChI is InChI=1S/C16H22N2O2/c1-12(2)18(9-5-8-17)11-15-10-14(13(3)19)6-7-16(15)20-4/h6-7,10,12H,5,9,11H2,1-4H3. The van der Waals surface area contributed by atoms with Crippen LogP contribution in [0.2, 0.25) is 0 Å². The second-order valence-electron chi connectivity index (χ2n) is 5.06. The second kappa shape index (κ2) is 7.66. The summed E-state index contributed by atoms with van der Waals surface area (Å²) in [5.74, 6) is 0.819. The van der Waals surface area contributed by atoms with Crippen LogP contribution in [0.4, 0.5) is 0 Å². The Hall–Kier alpha value is -1.86. The molecule has 1 aromatic carbocycles. The number of ketones is 1. The molecule has 0 radical (unpaired) electrons. The van der Waals surface area contributed by atoms with Gasteiger partial charge in [-0.1, -0.05) is 0 Å². The number of rotatable bonds is 7. The Labute approximate surface area is 121 Å². The van der Waals surface area contributed by atoms with Gasteiger partial charge < -0.3 is 4.74 Å². The number of hydrogen-bond donors (Lipinski definition) is 0. The molecule has 0 saturated carbocycles. The number of hydrogen-bond acceptors (Lipinski definition) is 4. The number of methoxy groups -OCH3 is 1. The lowest BCUT2D eigenvalue weighted by molar-refractivity contribution is 0.101. The van der Waals surface area contributed by atoms with Crippen molar-refractivity contribution < 1.29 is 9.53 Å². The zero-order chi connectivity index (χ0) is 15.1. The van der Waals surface area contributed by atoms with E-state index in [4.69, 9.17) is 10.00 Å². The van der Waals surface area contributed by atoms with Crippen molar-refractivity contribution in [2.24, 2.45) is 0 Å². The number of ether oxygens (including phenoxy) is 1. The number of nitrogens with zero attached hydrogens (tertiary/aromatic N) is 2. The van der Waals surface area contributed by atoms with Crippen molar-refractivity contribution in [2.75, 3.05) is 13.7 Å². The first-order valence-corrected chi connectivity index (χ1v) is 6.78. The highest BCUT2D eigenvalue weighted by atomic mass is 16.5. The summed E-state index contributed by atoms with van der Waals surface area (Å²) in [5, 5.41) is 8.73. The van der Waals surface area contributed by atoms with Crippen LogP contribution in [0.1, 0.15) is 43.1 Å². The first-order chi connectivity index (χ1) is 9.49. The molecule has 0 atom stereocenters. The number of benzene rings is 1. The van der Waals surface area contributed by atoms with Crippen molar-refractivity contribution in [2.45, 2.75) is 39.8 Å². The van der Waals surface area contributed by atoms with Crippen LogP contribution in [0.15, 0.2) is 18.2 Å². The molecule has 0 aliphatic heterocycles. The maximum Gasteiger partial charge on any atom is 0.159 e. The van der Waals surface area contributed by atoms with E-state index in [1.54, 1.807) is 20.1 Å². The van der Waals surface area contributed by atoms with Crippen LogP contribution in [-0.2, 0) is 6.54 Å². The van der Waals surface area contributed by atoms with Gasteiger partial charge in [-0.2, -0.15) is 5.26 Å². The quantitative estimate of drug-likeness (QED) is 0.717. The molecule has 1 aromatic rings. The third-order valence-corrected chi connectivity index (χ3v) is 3.30. The number of nitriles is 1. The summed E-state index contributed by atoms with van der Waals surface area (Å²) in [7, 11) is 1.63. The third kappa shape index (κ3) is 4.36. The van der Waals surface area contributed by atoms with Crippen LogP contribution >= 0.6 is 0 Å². The van der Waals surface area contributed by atoms with E-state index in [2.05, 4.69) is 24.8 Å². The van der Waals surface area contributed by atoms with Crippen molar-refractivity contribution in [1.29, 1.82) is 5.26 Å². The van der Waals surface area contributed by atoms with Crippen LogP contribution in [-0.4, -0.2) is 30.4 Å². The topological polar surface area (TPSA) is 53.3 Å². The summed E-state index contributed by atoms with van der Waals surface area (Å²) < 4.78 is 5.36. The minimum absolute atomic E-state index is 0.0435. The molecule has 0 aliphatic rings. The zero-order valence-corrected chi connectivity index (χ0v) is 12.6. The highest BCUT2D eigenvalue weighted by Gasteiger charge is 2.14. The van der Waals surface area contributed by atoms with Crippen molar-refractivity contribution >= 4 is 5.78 Å². The fourth-order valence-corrected chi connectivity index (χ4v) is 2.05. The van der Waals surface area contributed by atoms with E-state index in [0.717, 1.165) is 11.3 Å². The summed E-state index contributed by atoms with van der Waals surface area (Å²) in [6.07, 6.45) is 0.493. The lowest BCUT2D eigenvalue weighted by atomic mass is 10.1. The summed E-state index contributed by atoms with van der Waals surface area (Å²) in [6, 6.07) is 7.98. The molecular weight excluding hydrogens is 252 g/mol. The molecule has 0 N–H and O–H groups in total. The number of carbonyl (C=O) groups is 1. The Balaban J connectivity index is 3.00. The van der Waals surface area contributed by atoms with Gasteiger partial charge in [0.2, 0.25) is 0 Å². The van der Waals surface area contributed by atoms with Crippen LogP contribution in [0.5, 0.6) is 5.75 Å². The van der Waals surface area contributed by atoms with E-state index in [1.165, 1.54) is 0 Å². The highest BCUT2D eigenvalue weighted by Crippen LogP contribution is 2.23. The van der Waals surface area contributed by atoms with E-state index in [9.17, 15) is 4.79 Å². The smallest absolute Gasteiger partial charge is 0.159 e. The molecule has 0 unspecified atom stereocenters. The lowest BCUT2D eigenvalue weighted by Gasteiger charge is -2.26. The van der Waals surface area contributed by atoms with Gasteiger partial charge in [0.15, 0.2) is 5.78 Å². The van der Waals surface area contributed by atoms with Gasteiger partial charge in [0, 0.05) is 36.7 Å². The summed E-state index contributed by atoms with van der Waals surface area (Å²) in [6.45, 7) is 7.13. The molecule has 108 valence electrons. The van der Waals surface area contributed by atoms with E-state index in [1.807, 2.05) is 12.1 Å². The predicted octanol–water partition coefficient (Wildman–Crippen LogP) is 3.02. The Morgan fingerprint density at radius 2 is 2.15 bits per heavy atom. The Bertz CT molecular complexity index is 504. The molecule has 4 nitrogen and oxygen atoms in total. The monoisotopic (exact) mass is 274 g/mol. The molecule has 1 rings (SSSR count). The average Bonchev–Trinajstić information content (AvgIpc) is 2.42. The van der Waals surface area contributed by atoms with Crippen LogP contribution in [0.3, 0.4) is 0 Å². The average molecular weight is 274 g/mol. The minimum Gasteiger partial charge on any atom is -0.496 e. The highest BCUT2D eigenvalue weighted by molar-refractivity contribution is 5.94. The molecular formula is C16H22N2O2. The zero-order valence-electron chi connectivity index (χ0n) is 12.6. The van der Waals surface area contributed by atoms with Gasteiger partial charge in [-0.05, 0) is 39.0 Å². The third-order valence-electron chi connectivity index (χ3n) is 3.30. The van der Waals surface area contributed by atoms with E-state index < -0.39 is 0 Å². The summed E-state index contributed by atoms with van der Waals surface area (Å²) in [4.78, 5) is 13.7. The van der Waals surface area contributed by atoms with Gasteiger partial charge in [-0.15, -0.1) is 0 Å². The second-order valence-corrected chi connectivity index (χ2v) is 5.06. The number of Topliss-reactive ketones (excluding diaryl/α,β-unsaturated/α-hetero) is 1. The Kier molecular flexibility index (Phi) is 6.20. The maximum atomic E-state index is 11.5. The van der Waals surface area contributed by atoms with Crippen LogP contribution < -0.4 is 4.74 Å². The van der Waals surface area contributed by atoms with Gasteiger partial charge in [0.05, 0.1) is 13.2 Å². The fraction of sp³-hybridized carbons (Fsp3) is 0.500. The molecule has 0 heterocycles. The van der Waals surface area contributed by atoms with Gasteiger partial charge in [0.25, 0.3) is 0 Å². The molecule has 20 heavy (non-hydrogen) atoms. The van der Waals surface area contributed by atoms with Crippen molar-refractivity contribution in [1.82, 2.24) is 4.90 Å². The Morgan fingerprint density at radius 1 is 1.45 bits per heavy atom. The minimum atomic E-state index is 0.0435. The van der Waals surface area contributed by atoms with Crippen LogP contribution in [0.25, 0.3) is 0 Å². The van der Waals surface area contributed by atoms with Crippen molar-refractivity contribution in [3.8, 4) is 11.8 Å². The Morgan fingerprint density at radius 3 is 2.65 bits per heavy atom. The molecule has 0 aromatic heterocycles. The molecule has 0 fully saturated rings. The first kappa shape index (κ1) is 16.2. The van der Waals surface area contributed by atoms with E-state index in [0.29, 0.717) is 31.1 Å². The van der Waals surface area contributed by atoms with Gasteiger partial charge in [-0.25, -0.2) is 0 Å². The maximum absolute atomic E-state index is 11.5. The van der Waals surface area contributed by atoms with Gasteiger partial charge >= 0.3 is 0 Å². The first-order valence-electron chi connectivity index (χ1n) is 6.78. The lowest BCUT2D eigenvalue weighted by Crippen LogP contribution is -2.31. The van der Waals surface area contributed by atoms with Crippen molar-refractivity contribution in [3.05, 3.63) is 29.3 Å². The fourth-order valence-electron chi connectivity index (χ4n) is 2.05. The van der Waals surface area contributed by atoms with E-state index in [-0.39, 0.29) is 5.78 Å². The van der Waals surface area contributed by atoms with Crippen LogP contribution in [0, 0.1) is 11.3 Å². The normalized spacial score (nSPS) is 10.7.